The van der Waals surface area contributed by atoms with Gasteiger partial charge in [-0.3, -0.25) is 10.1 Å². The number of benzene rings is 1. The summed E-state index contributed by atoms with van der Waals surface area (Å²) in [4.78, 5) is 17.7. The van der Waals surface area contributed by atoms with Crippen molar-refractivity contribution in [1.29, 1.82) is 0 Å². The van der Waals surface area contributed by atoms with E-state index in [4.69, 9.17) is 0 Å². The van der Waals surface area contributed by atoms with Crippen molar-refractivity contribution in [1.82, 2.24) is 4.98 Å². The van der Waals surface area contributed by atoms with Crippen LogP contribution in [-0.4, -0.2) is 17.4 Å². The molecule has 0 radical (unpaired) electrons. The van der Waals surface area contributed by atoms with E-state index in [1.54, 1.807) is 0 Å². The molecular formula is C15H17N3OS. The van der Waals surface area contributed by atoms with Gasteiger partial charge in [0.2, 0.25) is 0 Å². The van der Waals surface area contributed by atoms with Crippen molar-refractivity contribution in [3.05, 3.63) is 39.9 Å². The third-order valence-corrected chi connectivity index (χ3v) is 4.54. The molecule has 2 heterocycles. The van der Waals surface area contributed by atoms with Gasteiger partial charge in [0, 0.05) is 22.7 Å². The summed E-state index contributed by atoms with van der Waals surface area (Å²) in [7, 11) is 0. The minimum absolute atomic E-state index is 0.0906. The molecule has 0 atom stereocenters. The number of carbonyl (C=O) groups excluding carboxylic acids is 1. The maximum absolute atomic E-state index is 12.3. The van der Waals surface area contributed by atoms with Crippen molar-refractivity contribution in [3.8, 4) is 0 Å². The van der Waals surface area contributed by atoms with Gasteiger partial charge in [-0.1, -0.05) is 0 Å². The predicted molar refractivity (Wildman–Crippen MR) is 82.8 cm³/mol. The molecule has 1 aliphatic heterocycles. The fraction of sp³-hybridized carbons (Fsp3) is 0.333. The maximum atomic E-state index is 12.3. The standard InChI is InChI=1S/C15H17N3OS/c1-9-10(2)20-15(17-9)18-14(19)12-5-6-13-11(8-12)4-3-7-16-13/h5-6,8,16H,3-4,7H2,1-2H3,(H,17,18,19). The average Bonchev–Trinajstić information content (AvgIpc) is 2.76. The van der Waals surface area contributed by atoms with Crippen LogP contribution in [0.2, 0.25) is 0 Å². The highest BCUT2D eigenvalue weighted by atomic mass is 32.1. The number of anilines is 2. The number of thiazole rings is 1. The molecule has 2 aromatic rings. The van der Waals surface area contributed by atoms with Crippen LogP contribution in [-0.2, 0) is 6.42 Å². The SMILES string of the molecule is Cc1nc(NC(=O)c2ccc3c(c2)CCCN3)sc1C. The first kappa shape index (κ1) is 13.1. The molecule has 5 heteroatoms. The minimum Gasteiger partial charge on any atom is -0.385 e. The molecule has 0 spiro atoms. The summed E-state index contributed by atoms with van der Waals surface area (Å²) < 4.78 is 0. The van der Waals surface area contributed by atoms with E-state index < -0.39 is 0 Å². The summed E-state index contributed by atoms with van der Waals surface area (Å²) >= 11 is 1.51. The molecule has 1 aliphatic rings. The van der Waals surface area contributed by atoms with Crippen LogP contribution < -0.4 is 10.6 Å². The Morgan fingerprint density at radius 1 is 1.40 bits per heavy atom. The second kappa shape index (κ2) is 5.25. The Hall–Kier alpha value is -1.88. The van der Waals surface area contributed by atoms with Crippen LogP contribution in [0.4, 0.5) is 10.8 Å². The highest BCUT2D eigenvalue weighted by molar-refractivity contribution is 7.15. The van der Waals surface area contributed by atoms with E-state index in [0.717, 1.165) is 35.6 Å². The number of aromatic nitrogens is 1. The van der Waals surface area contributed by atoms with Crippen molar-refractivity contribution in [2.75, 3.05) is 17.2 Å². The van der Waals surface area contributed by atoms with E-state index >= 15 is 0 Å². The van der Waals surface area contributed by atoms with Gasteiger partial charge < -0.3 is 5.32 Å². The van der Waals surface area contributed by atoms with Crippen molar-refractivity contribution >= 4 is 28.1 Å². The zero-order valence-corrected chi connectivity index (χ0v) is 12.4. The summed E-state index contributed by atoms with van der Waals surface area (Å²) in [5.74, 6) is -0.0906. The number of rotatable bonds is 2. The molecule has 104 valence electrons. The van der Waals surface area contributed by atoms with E-state index in [9.17, 15) is 4.79 Å². The fourth-order valence-corrected chi connectivity index (χ4v) is 3.12. The van der Waals surface area contributed by atoms with Gasteiger partial charge in [-0.2, -0.15) is 0 Å². The zero-order valence-electron chi connectivity index (χ0n) is 11.6. The van der Waals surface area contributed by atoms with Gasteiger partial charge in [-0.05, 0) is 50.5 Å². The number of nitrogens with one attached hydrogen (secondary N) is 2. The average molecular weight is 287 g/mol. The molecule has 20 heavy (non-hydrogen) atoms. The number of carbonyl (C=O) groups is 1. The molecule has 0 fully saturated rings. The second-order valence-corrected chi connectivity index (χ2v) is 6.22. The van der Waals surface area contributed by atoms with Crippen LogP contribution >= 0.6 is 11.3 Å². The number of nitrogens with zero attached hydrogens (tertiary/aromatic N) is 1. The molecule has 1 aromatic heterocycles. The summed E-state index contributed by atoms with van der Waals surface area (Å²) in [5.41, 5.74) is 4.03. The smallest absolute Gasteiger partial charge is 0.257 e. The van der Waals surface area contributed by atoms with Crippen LogP contribution in [0.3, 0.4) is 0 Å². The molecule has 0 bridgehead atoms. The molecule has 0 aliphatic carbocycles. The largest absolute Gasteiger partial charge is 0.385 e. The number of hydrogen-bond acceptors (Lipinski definition) is 4. The molecule has 1 aromatic carbocycles. The second-order valence-electron chi connectivity index (χ2n) is 5.02. The summed E-state index contributed by atoms with van der Waals surface area (Å²) in [6.45, 7) is 4.97. The van der Waals surface area contributed by atoms with E-state index in [0.29, 0.717) is 10.7 Å². The van der Waals surface area contributed by atoms with Gasteiger partial charge in [0.05, 0.1) is 5.69 Å². The Morgan fingerprint density at radius 3 is 3.00 bits per heavy atom. The zero-order chi connectivity index (χ0) is 14.1. The highest BCUT2D eigenvalue weighted by Crippen LogP contribution is 2.25. The molecule has 1 amide bonds. The monoisotopic (exact) mass is 287 g/mol. The normalized spacial score (nSPS) is 13.5. The fourth-order valence-electron chi connectivity index (χ4n) is 2.31. The molecule has 0 saturated carbocycles. The van der Waals surface area contributed by atoms with Crippen molar-refractivity contribution < 1.29 is 4.79 Å². The molecule has 0 unspecified atom stereocenters. The Kier molecular flexibility index (Phi) is 3.44. The summed E-state index contributed by atoms with van der Waals surface area (Å²) in [6, 6.07) is 5.83. The van der Waals surface area contributed by atoms with E-state index in [1.165, 1.54) is 16.9 Å². The van der Waals surface area contributed by atoms with Crippen molar-refractivity contribution in [2.45, 2.75) is 26.7 Å². The van der Waals surface area contributed by atoms with Crippen LogP contribution in [0.25, 0.3) is 0 Å². The Morgan fingerprint density at radius 2 is 2.25 bits per heavy atom. The molecule has 0 saturated heterocycles. The van der Waals surface area contributed by atoms with Gasteiger partial charge >= 0.3 is 0 Å². The molecule has 3 rings (SSSR count). The van der Waals surface area contributed by atoms with Crippen LogP contribution in [0.5, 0.6) is 0 Å². The van der Waals surface area contributed by atoms with E-state index in [1.807, 2.05) is 32.0 Å². The highest BCUT2D eigenvalue weighted by Gasteiger charge is 2.14. The quantitative estimate of drug-likeness (QED) is 0.890. The van der Waals surface area contributed by atoms with Crippen LogP contribution in [0, 0.1) is 13.8 Å². The first-order chi connectivity index (χ1) is 9.63. The first-order valence-electron chi connectivity index (χ1n) is 6.75. The molecule has 4 nitrogen and oxygen atoms in total. The predicted octanol–water partition coefficient (Wildman–Crippen LogP) is 3.37. The maximum Gasteiger partial charge on any atom is 0.257 e. The van der Waals surface area contributed by atoms with Crippen LogP contribution in [0.1, 0.15) is 32.9 Å². The van der Waals surface area contributed by atoms with Crippen molar-refractivity contribution in [3.63, 3.8) is 0 Å². The van der Waals surface area contributed by atoms with E-state index in [-0.39, 0.29) is 5.91 Å². The van der Waals surface area contributed by atoms with Gasteiger partial charge in [0.25, 0.3) is 5.91 Å². The van der Waals surface area contributed by atoms with Gasteiger partial charge in [0.1, 0.15) is 0 Å². The van der Waals surface area contributed by atoms with Crippen molar-refractivity contribution in [2.24, 2.45) is 0 Å². The van der Waals surface area contributed by atoms with Crippen LogP contribution in [0.15, 0.2) is 18.2 Å². The minimum atomic E-state index is -0.0906. The summed E-state index contributed by atoms with van der Waals surface area (Å²) in [6.07, 6.45) is 2.14. The number of amides is 1. The first-order valence-corrected chi connectivity index (χ1v) is 7.57. The molecule has 2 N–H and O–H groups in total. The van der Waals surface area contributed by atoms with Gasteiger partial charge in [-0.25, -0.2) is 4.98 Å². The number of aryl methyl sites for hydroxylation is 3. The third-order valence-electron chi connectivity index (χ3n) is 3.55. The Balaban J connectivity index is 1.80. The number of hydrogen-bond donors (Lipinski definition) is 2. The van der Waals surface area contributed by atoms with E-state index in [2.05, 4.69) is 15.6 Å². The Labute approximate surface area is 122 Å². The summed E-state index contributed by atoms with van der Waals surface area (Å²) in [5, 5.41) is 6.89. The lowest BCUT2D eigenvalue weighted by molar-refractivity contribution is 0.102. The lowest BCUT2D eigenvalue weighted by Crippen LogP contribution is -2.15. The lowest BCUT2D eigenvalue weighted by Gasteiger charge is -2.18. The Bertz CT molecular complexity index is 644. The molecular weight excluding hydrogens is 270 g/mol. The lowest BCUT2D eigenvalue weighted by atomic mass is 10.0. The number of fused-ring (bicyclic) bond motifs is 1. The third kappa shape index (κ3) is 2.54. The van der Waals surface area contributed by atoms with Gasteiger partial charge in [0.15, 0.2) is 5.13 Å². The topological polar surface area (TPSA) is 54.0 Å². The van der Waals surface area contributed by atoms with Gasteiger partial charge in [-0.15, -0.1) is 11.3 Å².